The first-order valence-corrected chi connectivity index (χ1v) is 5.97. The van der Waals surface area contributed by atoms with E-state index in [0.29, 0.717) is 0 Å². The van der Waals surface area contributed by atoms with Crippen LogP contribution in [0.5, 0.6) is 0 Å². The number of rotatable bonds is 2. The van der Waals surface area contributed by atoms with Crippen LogP contribution in [0.3, 0.4) is 0 Å². The van der Waals surface area contributed by atoms with E-state index in [1.54, 1.807) is 0 Å². The van der Waals surface area contributed by atoms with Gasteiger partial charge in [-0.2, -0.15) is 0 Å². The second-order valence-electron chi connectivity index (χ2n) is 1.08. The number of halogens is 1. The molecule has 0 aliphatic rings. The second-order valence-corrected chi connectivity index (χ2v) is 5.18. The fraction of sp³-hybridized carbons (Fsp3) is 1.00. The summed E-state index contributed by atoms with van der Waals surface area (Å²) in [7, 11) is 0. The Hall–Kier alpha value is 0.568. The zero-order valence-corrected chi connectivity index (χ0v) is 6.17. The molecule has 0 heterocycles. The van der Waals surface area contributed by atoms with Crippen molar-refractivity contribution >= 4 is 25.8 Å². The van der Waals surface area contributed by atoms with Crippen LogP contribution < -0.4 is 0 Å². The third-order valence-corrected chi connectivity index (χ3v) is 2.83. The van der Waals surface area contributed by atoms with Crippen molar-refractivity contribution in [3.63, 3.8) is 0 Å². The fourth-order valence-electron chi connectivity index (χ4n) is 0.110. The Labute approximate surface area is 49.3 Å². The average Bonchev–Trinajstić information content (AvgIpc) is 1.30. The van der Waals surface area contributed by atoms with Gasteiger partial charge < -0.3 is 0 Å². The maximum absolute atomic E-state index is 9.90. The summed E-state index contributed by atoms with van der Waals surface area (Å²) in [6, 6.07) is 0. The summed E-state index contributed by atoms with van der Waals surface area (Å²) in [4.78, 5) is 0. The van der Waals surface area contributed by atoms with E-state index in [0.717, 1.165) is 0 Å². The van der Waals surface area contributed by atoms with Crippen molar-refractivity contribution < 1.29 is 11.9 Å². The predicted molar refractivity (Wildman–Crippen MR) is 26.4 cm³/mol. The monoisotopic (exact) mass is 188 g/mol. The molecule has 0 bridgehead atoms. The molecule has 0 saturated carbocycles. The summed E-state index contributed by atoms with van der Waals surface area (Å²) in [5.41, 5.74) is 0. The zero-order valence-electron chi connectivity index (χ0n) is 3.54. The molecular formula is C2H6AsClO3. The van der Waals surface area contributed by atoms with Crippen molar-refractivity contribution in [2.24, 2.45) is 0 Å². The van der Waals surface area contributed by atoms with Gasteiger partial charge in [0, 0.05) is 0 Å². The molecule has 0 spiro atoms. The Morgan fingerprint density at radius 1 is 1.57 bits per heavy atom. The van der Waals surface area contributed by atoms with E-state index in [9.17, 15) is 3.74 Å². The maximum atomic E-state index is 9.90. The Balaban J connectivity index is 3.36. The molecule has 0 unspecified atom stereocenters. The predicted octanol–water partition coefficient (Wildman–Crippen LogP) is -0.421. The molecule has 0 aliphatic heterocycles. The van der Waals surface area contributed by atoms with Gasteiger partial charge in [-0.05, 0) is 0 Å². The standard InChI is InChI=1S/C2H6AsClO3/c4-2-1-3(5,6)7/h1-2H2,(H2,5,6,7). The molecule has 0 atom stereocenters. The summed E-state index contributed by atoms with van der Waals surface area (Å²) in [5.74, 6) is 0.0451. The van der Waals surface area contributed by atoms with Gasteiger partial charge in [0.05, 0.1) is 0 Å². The number of alkyl halides is 1. The van der Waals surface area contributed by atoms with Gasteiger partial charge in [-0.1, -0.05) is 0 Å². The van der Waals surface area contributed by atoms with Crippen LogP contribution >= 0.6 is 11.6 Å². The number of hydrogen-bond acceptors (Lipinski definition) is 1. The van der Waals surface area contributed by atoms with Crippen LogP contribution in [0, 0.1) is 0 Å². The summed E-state index contributed by atoms with van der Waals surface area (Å²) in [6.07, 6.45) is 0. The fourth-order valence-corrected chi connectivity index (χ4v) is 1.72. The van der Waals surface area contributed by atoms with E-state index >= 15 is 0 Å². The molecule has 0 amide bonds. The van der Waals surface area contributed by atoms with Crippen molar-refractivity contribution in [3.05, 3.63) is 0 Å². The molecule has 3 nitrogen and oxygen atoms in total. The first kappa shape index (κ1) is 7.57. The van der Waals surface area contributed by atoms with E-state index in [-0.39, 0.29) is 11.1 Å². The Bertz CT molecular complexity index is 86.9. The van der Waals surface area contributed by atoms with E-state index in [1.165, 1.54) is 0 Å². The molecular weight excluding hydrogens is 182 g/mol. The average molecular weight is 188 g/mol. The van der Waals surface area contributed by atoms with E-state index < -0.39 is 14.2 Å². The van der Waals surface area contributed by atoms with Crippen molar-refractivity contribution in [2.45, 2.75) is 5.21 Å². The number of hydrogen-bond donors (Lipinski definition) is 2. The third-order valence-electron chi connectivity index (χ3n) is 0.376. The summed E-state index contributed by atoms with van der Waals surface area (Å²) in [5, 5.41) is -0.167. The summed E-state index contributed by atoms with van der Waals surface area (Å²) in [6.45, 7) is 0. The normalized spacial score (nSPS) is 11.9. The molecule has 0 saturated heterocycles. The van der Waals surface area contributed by atoms with Gasteiger partial charge >= 0.3 is 48.8 Å². The second kappa shape index (κ2) is 2.77. The SMILES string of the molecule is O=[As](O)(O)CCCl. The van der Waals surface area contributed by atoms with Crippen molar-refractivity contribution in [1.29, 1.82) is 0 Å². The summed E-state index contributed by atoms with van der Waals surface area (Å²) >= 11 is 0.683. The van der Waals surface area contributed by atoms with Gasteiger partial charge in [0.2, 0.25) is 0 Å². The Morgan fingerprint density at radius 3 is 2.00 bits per heavy atom. The Kier molecular flexibility index (Phi) is 3.00. The minimum atomic E-state index is -4.33. The van der Waals surface area contributed by atoms with Crippen LogP contribution in [-0.4, -0.2) is 28.2 Å². The van der Waals surface area contributed by atoms with Crippen LogP contribution in [0.4, 0.5) is 0 Å². The van der Waals surface area contributed by atoms with Gasteiger partial charge in [0.15, 0.2) is 0 Å². The van der Waals surface area contributed by atoms with Gasteiger partial charge in [0.25, 0.3) is 0 Å². The topological polar surface area (TPSA) is 57.5 Å². The first-order chi connectivity index (χ1) is 3.06. The summed E-state index contributed by atoms with van der Waals surface area (Å²) < 4.78 is 26.1. The van der Waals surface area contributed by atoms with Crippen LogP contribution in [0.1, 0.15) is 0 Å². The van der Waals surface area contributed by atoms with Gasteiger partial charge in [-0.3, -0.25) is 0 Å². The molecule has 5 heteroatoms. The van der Waals surface area contributed by atoms with E-state index in [4.69, 9.17) is 19.8 Å². The first-order valence-electron chi connectivity index (χ1n) is 1.67. The van der Waals surface area contributed by atoms with Crippen molar-refractivity contribution in [2.75, 3.05) is 5.88 Å². The Morgan fingerprint density at radius 2 is 2.00 bits per heavy atom. The van der Waals surface area contributed by atoms with Gasteiger partial charge in [0.1, 0.15) is 0 Å². The molecule has 0 rings (SSSR count). The van der Waals surface area contributed by atoms with Crippen LogP contribution in [0.2, 0.25) is 5.21 Å². The molecule has 0 aliphatic carbocycles. The van der Waals surface area contributed by atoms with E-state index in [2.05, 4.69) is 0 Å². The molecule has 0 aromatic rings. The molecule has 0 aromatic heterocycles. The van der Waals surface area contributed by atoms with Gasteiger partial charge in [-0.15, -0.1) is 0 Å². The molecule has 44 valence electrons. The molecule has 7 heavy (non-hydrogen) atoms. The van der Waals surface area contributed by atoms with Crippen LogP contribution in [0.25, 0.3) is 0 Å². The quantitative estimate of drug-likeness (QED) is 0.457. The molecule has 2 N–H and O–H groups in total. The van der Waals surface area contributed by atoms with E-state index in [1.807, 2.05) is 0 Å². The van der Waals surface area contributed by atoms with Crippen LogP contribution in [0.15, 0.2) is 0 Å². The minimum absolute atomic E-state index is 0.0451. The van der Waals surface area contributed by atoms with Gasteiger partial charge in [-0.25, -0.2) is 0 Å². The molecule has 0 aromatic carbocycles. The third kappa shape index (κ3) is 6.57. The molecule has 0 fully saturated rings. The van der Waals surface area contributed by atoms with Crippen molar-refractivity contribution in [3.8, 4) is 0 Å². The van der Waals surface area contributed by atoms with Crippen LogP contribution in [-0.2, 0) is 3.74 Å². The molecule has 0 radical (unpaired) electrons. The zero-order chi connectivity index (χ0) is 5.91. The van der Waals surface area contributed by atoms with Crippen molar-refractivity contribution in [1.82, 2.24) is 0 Å².